The highest BCUT2D eigenvalue weighted by atomic mass is 79.9. The van der Waals surface area contributed by atoms with Gasteiger partial charge in [-0.15, -0.1) is 0 Å². The van der Waals surface area contributed by atoms with Crippen molar-refractivity contribution in [3.05, 3.63) is 78.5 Å². The molecule has 1 aliphatic heterocycles. The topological polar surface area (TPSA) is 64.6 Å². The number of hydrogen-bond acceptors (Lipinski definition) is 5. The number of benzene rings is 2. The quantitative estimate of drug-likeness (QED) is 0.359. The summed E-state index contributed by atoms with van der Waals surface area (Å²) >= 11 is 16.1. The van der Waals surface area contributed by atoms with Crippen LogP contribution >= 0.6 is 39.1 Å². The van der Waals surface area contributed by atoms with Crippen molar-refractivity contribution in [1.82, 2.24) is 5.32 Å². The van der Waals surface area contributed by atoms with Crippen LogP contribution < -0.4 is 14.8 Å². The number of carbonyl (C=O) groups is 2. The molecule has 3 aliphatic rings. The van der Waals surface area contributed by atoms with E-state index in [1.54, 1.807) is 19.2 Å². The smallest absolute Gasteiger partial charge is 0.175 e. The Morgan fingerprint density at radius 3 is 2.05 bits per heavy atom. The van der Waals surface area contributed by atoms with Crippen molar-refractivity contribution in [2.24, 2.45) is 10.8 Å². The van der Waals surface area contributed by atoms with Gasteiger partial charge in [0.1, 0.15) is 6.61 Å². The van der Waals surface area contributed by atoms with Crippen molar-refractivity contribution >= 4 is 50.7 Å². The summed E-state index contributed by atoms with van der Waals surface area (Å²) in [6.45, 7) is 8.67. The SMILES string of the molecule is COc1cc(C2C3=C(CC(C)(C)CC3=O)NC3=C2C(=O)CC(C)(C)C3)cc(Br)c1OCc1ccc(Cl)cc1Cl. The van der Waals surface area contributed by atoms with E-state index in [0.717, 1.165) is 35.4 Å². The Bertz CT molecular complexity index is 1400. The summed E-state index contributed by atoms with van der Waals surface area (Å²) in [6, 6.07) is 9.08. The van der Waals surface area contributed by atoms with Crippen molar-refractivity contribution in [2.75, 3.05) is 7.11 Å². The number of carbonyl (C=O) groups excluding carboxylic acids is 2. The van der Waals surface area contributed by atoms with Gasteiger partial charge in [-0.2, -0.15) is 0 Å². The molecule has 206 valence electrons. The van der Waals surface area contributed by atoms with Gasteiger partial charge < -0.3 is 14.8 Å². The molecule has 39 heavy (non-hydrogen) atoms. The van der Waals surface area contributed by atoms with E-state index in [4.69, 9.17) is 32.7 Å². The number of halogens is 3. The standard InChI is InChI=1S/C31H32BrCl2NO4/c1-30(2)11-21-27(23(36)13-30)26(28-22(35-21)12-31(3,4)14-24(28)37)17-8-19(32)29(25(9-17)38-5)39-15-16-6-7-18(33)10-20(16)34/h6-10,26,35H,11-15H2,1-5H3. The van der Waals surface area contributed by atoms with Crippen LogP contribution in [0.5, 0.6) is 11.5 Å². The van der Waals surface area contributed by atoms with Crippen LogP contribution in [0.1, 0.15) is 70.4 Å². The highest BCUT2D eigenvalue weighted by Crippen LogP contribution is 2.52. The summed E-state index contributed by atoms with van der Waals surface area (Å²) in [4.78, 5) is 27.3. The number of methoxy groups -OCH3 is 1. The van der Waals surface area contributed by atoms with Crippen LogP contribution in [0, 0.1) is 10.8 Å². The van der Waals surface area contributed by atoms with Crippen LogP contribution in [-0.2, 0) is 16.2 Å². The van der Waals surface area contributed by atoms with E-state index in [0.29, 0.717) is 50.0 Å². The average Bonchev–Trinajstić information content (AvgIpc) is 2.81. The molecule has 0 saturated carbocycles. The molecular formula is C31H32BrCl2NO4. The number of Topliss-reactive ketones (excluding diaryl/α,β-unsaturated/α-hetero) is 2. The van der Waals surface area contributed by atoms with Crippen LogP contribution in [0.25, 0.3) is 0 Å². The summed E-state index contributed by atoms with van der Waals surface area (Å²) < 4.78 is 12.6. The highest BCUT2D eigenvalue weighted by molar-refractivity contribution is 9.10. The summed E-state index contributed by atoms with van der Waals surface area (Å²) in [6.07, 6.45) is 2.37. The molecule has 1 N–H and O–H groups in total. The molecule has 2 aliphatic carbocycles. The predicted molar refractivity (Wildman–Crippen MR) is 157 cm³/mol. The van der Waals surface area contributed by atoms with Crippen LogP contribution in [0.4, 0.5) is 0 Å². The van der Waals surface area contributed by atoms with E-state index < -0.39 is 5.92 Å². The minimum Gasteiger partial charge on any atom is -0.493 e. The number of dihydropyridines is 1. The number of rotatable bonds is 5. The van der Waals surface area contributed by atoms with Crippen LogP contribution in [0.15, 0.2) is 57.3 Å². The molecule has 5 nitrogen and oxygen atoms in total. The molecule has 8 heteroatoms. The molecule has 5 rings (SSSR count). The van der Waals surface area contributed by atoms with Crippen LogP contribution in [-0.4, -0.2) is 18.7 Å². The Balaban J connectivity index is 1.59. The maximum absolute atomic E-state index is 13.6. The summed E-state index contributed by atoms with van der Waals surface area (Å²) in [5.41, 5.74) is 4.54. The van der Waals surface area contributed by atoms with Crippen molar-refractivity contribution in [3.63, 3.8) is 0 Å². The second-order valence-corrected chi connectivity index (χ2v) is 14.0. The lowest BCUT2D eigenvalue weighted by atomic mass is 9.64. The van der Waals surface area contributed by atoms with Crippen LogP contribution in [0.3, 0.4) is 0 Å². The van der Waals surface area contributed by atoms with E-state index in [2.05, 4.69) is 48.9 Å². The Labute approximate surface area is 248 Å². The highest BCUT2D eigenvalue weighted by Gasteiger charge is 2.46. The van der Waals surface area contributed by atoms with Gasteiger partial charge in [-0.25, -0.2) is 0 Å². The molecule has 0 fully saturated rings. The number of ether oxygens (including phenoxy) is 2. The van der Waals surface area contributed by atoms with Gasteiger partial charge in [0.2, 0.25) is 0 Å². The molecular weight excluding hydrogens is 601 g/mol. The maximum Gasteiger partial charge on any atom is 0.175 e. The second kappa shape index (κ2) is 10.3. The molecule has 0 amide bonds. The molecule has 0 radical (unpaired) electrons. The lowest BCUT2D eigenvalue weighted by Crippen LogP contribution is -2.42. The number of ketones is 2. The molecule has 0 unspecified atom stereocenters. The minimum atomic E-state index is -0.464. The fourth-order valence-corrected chi connectivity index (χ4v) is 7.09. The second-order valence-electron chi connectivity index (χ2n) is 12.3. The van der Waals surface area contributed by atoms with Gasteiger partial charge in [0, 0.05) is 56.9 Å². The van der Waals surface area contributed by atoms with Gasteiger partial charge in [0.15, 0.2) is 23.1 Å². The van der Waals surface area contributed by atoms with E-state index in [9.17, 15) is 9.59 Å². The van der Waals surface area contributed by atoms with Gasteiger partial charge in [-0.1, -0.05) is 57.0 Å². The largest absolute Gasteiger partial charge is 0.493 e. The van der Waals surface area contributed by atoms with Gasteiger partial charge in [-0.3, -0.25) is 9.59 Å². The van der Waals surface area contributed by atoms with Crippen LogP contribution in [0.2, 0.25) is 10.0 Å². The molecule has 0 saturated heterocycles. The normalized spacial score (nSPS) is 20.4. The fraction of sp³-hybridized carbons (Fsp3) is 0.419. The summed E-state index contributed by atoms with van der Waals surface area (Å²) in [5, 5.41) is 4.63. The van der Waals surface area contributed by atoms with Crippen molar-refractivity contribution in [3.8, 4) is 11.5 Å². The number of nitrogens with one attached hydrogen (secondary N) is 1. The van der Waals surface area contributed by atoms with Crippen molar-refractivity contribution in [2.45, 2.75) is 65.9 Å². The molecule has 1 heterocycles. The zero-order valence-corrected chi connectivity index (χ0v) is 25.9. The van der Waals surface area contributed by atoms with E-state index in [1.807, 2.05) is 18.2 Å². The molecule has 0 aromatic heterocycles. The first-order valence-corrected chi connectivity index (χ1v) is 14.6. The Morgan fingerprint density at radius 1 is 0.923 bits per heavy atom. The Morgan fingerprint density at radius 2 is 1.51 bits per heavy atom. The van der Waals surface area contributed by atoms with Gasteiger partial charge >= 0.3 is 0 Å². The molecule has 0 spiro atoms. The van der Waals surface area contributed by atoms with Gasteiger partial charge in [0.05, 0.1) is 11.6 Å². The predicted octanol–water partition coefficient (Wildman–Crippen LogP) is 8.32. The third-order valence-electron chi connectivity index (χ3n) is 7.69. The monoisotopic (exact) mass is 631 g/mol. The fourth-order valence-electron chi connectivity index (χ4n) is 6.06. The van der Waals surface area contributed by atoms with Gasteiger partial charge in [-0.05, 0) is 69.4 Å². The zero-order valence-electron chi connectivity index (χ0n) is 22.8. The first kappa shape index (κ1) is 28.3. The van der Waals surface area contributed by atoms with Crippen molar-refractivity contribution < 1.29 is 19.1 Å². The van der Waals surface area contributed by atoms with E-state index >= 15 is 0 Å². The van der Waals surface area contributed by atoms with Crippen molar-refractivity contribution in [1.29, 1.82) is 0 Å². The zero-order chi connectivity index (χ0) is 28.3. The molecule has 2 aromatic carbocycles. The van der Waals surface area contributed by atoms with Gasteiger partial charge in [0.25, 0.3) is 0 Å². The van der Waals surface area contributed by atoms with E-state index in [1.165, 1.54) is 0 Å². The Hall–Kier alpha value is -2.28. The third-order valence-corrected chi connectivity index (χ3v) is 8.87. The number of allylic oxidation sites excluding steroid dienone is 4. The lowest BCUT2D eigenvalue weighted by molar-refractivity contribution is -0.119. The molecule has 0 bridgehead atoms. The average molecular weight is 633 g/mol. The number of hydrogen-bond donors (Lipinski definition) is 1. The third kappa shape index (κ3) is 5.53. The first-order valence-electron chi connectivity index (χ1n) is 13.0. The summed E-state index contributed by atoms with van der Waals surface area (Å²) in [7, 11) is 1.58. The molecule has 2 aromatic rings. The lowest BCUT2D eigenvalue weighted by Gasteiger charge is -2.44. The molecule has 0 atom stereocenters. The minimum absolute atomic E-state index is 0.0794. The first-order chi connectivity index (χ1) is 18.3. The Kier molecular flexibility index (Phi) is 7.45. The maximum atomic E-state index is 13.6. The van der Waals surface area contributed by atoms with E-state index in [-0.39, 0.29) is 29.0 Å². The summed E-state index contributed by atoms with van der Waals surface area (Å²) in [5.74, 6) is 0.705.